The molecule has 2 aromatic rings. The van der Waals surface area contributed by atoms with E-state index in [-0.39, 0.29) is 0 Å². The molecule has 0 aliphatic carbocycles. The number of benzene rings is 1. The third kappa shape index (κ3) is 3.65. The van der Waals surface area contributed by atoms with Crippen LogP contribution in [-0.4, -0.2) is 6.54 Å². The molecule has 0 bridgehead atoms. The van der Waals surface area contributed by atoms with Crippen molar-refractivity contribution < 1.29 is 4.42 Å². The lowest BCUT2D eigenvalue weighted by atomic mass is 10.2. The number of nitrogens with one attached hydrogen (secondary N) is 1. The standard InChI is InChI=1S/C15H19NOS/c1-3-9-16-11-13-4-6-14(7-5-13)18-15-8-10-17-12(15)2/h4-8,10,16H,3,9,11H2,1-2H3. The van der Waals surface area contributed by atoms with Gasteiger partial charge in [-0.15, -0.1) is 0 Å². The summed E-state index contributed by atoms with van der Waals surface area (Å²) in [7, 11) is 0. The molecule has 1 aromatic heterocycles. The van der Waals surface area contributed by atoms with Gasteiger partial charge >= 0.3 is 0 Å². The Hall–Kier alpha value is -1.19. The van der Waals surface area contributed by atoms with E-state index in [4.69, 9.17) is 4.42 Å². The first kappa shape index (κ1) is 13.2. The van der Waals surface area contributed by atoms with Gasteiger partial charge in [0, 0.05) is 11.4 Å². The van der Waals surface area contributed by atoms with E-state index < -0.39 is 0 Å². The normalized spacial score (nSPS) is 10.8. The van der Waals surface area contributed by atoms with Crippen molar-refractivity contribution in [2.75, 3.05) is 6.54 Å². The molecule has 2 nitrogen and oxygen atoms in total. The van der Waals surface area contributed by atoms with Gasteiger partial charge in [0.2, 0.25) is 0 Å². The van der Waals surface area contributed by atoms with Gasteiger partial charge in [-0.1, -0.05) is 30.8 Å². The molecule has 0 radical (unpaired) electrons. The van der Waals surface area contributed by atoms with E-state index in [0.29, 0.717) is 0 Å². The first-order chi connectivity index (χ1) is 8.79. The molecule has 0 aliphatic heterocycles. The fourth-order valence-electron chi connectivity index (χ4n) is 1.69. The zero-order valence-corrected chi connectivity index (χ0v) is 11.7. The number of aryl methyl sites for hydroxylation is 1. The molecule has 0 aliphatic rings. The molecule has 1 N–H and O–H groups in total. The maximum Gasteiger partial charge on any atom is 0.114 e. The summed E-state index contributed by atoms with van der Waals surface area (Å²) in [4.78, 5) is 2.44. The van der Waals surface area contributed by atoms with E-state index >= 15 is 0 Å². The van der Waals surface area contributed by atoms with E-state index in [2.05, 4.69) is 36.5 Å². The number of rotatable bonds is 6. The van der Waals surface area contributed by atoms with Gasteiger partial charge in [-0.05, 0) is 43.7 Å². The minimum absolute atomic E-state index is 0.948. The van der Waals surface area contributed by atoms with E-state index in [1.54, 1.807) is 18.0 Å². The molecule has 1 heterocycles. The summed E-state index contributed by atoms with van der Waals surface area (Å²) < 4.78 is 5.30. The molecule has 0 saturated carbocycles. The predicted molar refractivity (Wildman–Crippen MR) is 76.0 cm³/mol. The van der Waals surface area contributed by atoms with Crippen molar-refractivity contribution in [1.29, 1.82) is 0 Å². The van der Waals surface area contributed by atoms with Gasteiger partial charge < -0.3 is 9.73 Å². The van der Waals surface area contributed by atoms with Crippen LogP contribution < -0.4 is 5.32 Å². The largest absolute Gasteiger partial charge is 0.468 e. The Morgan fingerprint density at radius 3 is 2.56 bits per heavy atom. The second kappa shape index (κ2) is 6.66. The van der Waals surface area contributed by atoms with Crippen LogP contribution in [0.25, 0.3) is 0 Å². The molecule has 18 heavy (non-hydrogen) atoms. The van der Waals surface area contributed by atoms with Crippen molar-refractivity contribution in [3.05, 3.63) is 47.9 Å². The van der Waals surface area contributed by atoms with Crippen LogP contribution in [0.2, 0.25) is 0 Å². The summed E-state index contributed by atoms with van der Waals surface area (Å²) in [5.74, 6) is 0.980. The molecule has 0 saturated heterocycles. The lowest BCUT2D eigenvalue weighted by molar-refractivity contribution is 0.527. The van der Waals surface area contributed by atoms with Crippen molar-refractivity contribution in [2.45, 2.75) is 36.6 Å². The van der Waals surface area contributed by atoms with Crippen LogP contribution in [-0.2, 0) is 6.54 Å². The summed E-state index contributed by atoms with van der Waals surface area (Å²) in [5, 5.41) is 3.40. The first-order valence-electron chi connectivity index (χ1n) is 6.31. The summed E-state index contributed by atoms with van der Waals surface area (Å²) in [6, 6.07) is 10.7. The molecular formula is C15H19NOS. The maximum absolute atomic E-state index is 5.30. The number of hydrogen-bond acceptors (Lipinski definition) is 3. The Balaban J connectivity index is 1.93. The fourth-order valence-corrected chi connectivity index (χ4v) is 2.53. The SMILES string of the molecule is CCCNCc1ccc(Sc2ccoc2C)cc1. The highest BCUT2D eigenvalue weighted by atomic mass is 32.2. The number of hydrogen-bond donors (Lipinski definition) is 1. The van der Waals surface area contributed by atoms with Crippen LogP contribution >= 0.6 is 11.8 Å². The molecule has 0 spiro atoms. The first-order valence-corrected chi connectivity index (χ1v) is 7.13. The molecule has 96 valence electrons. The van der Waals surface area contributed by atoms with Gasteiger partial charge in [0.1, 0.15) is 5.76 Å². The smallest absolute Gasteiger partial charge is 0.114 e. The Morgan fingerprint density at radius 1 is 1.17 bits per heavy atom. The van der Waals surface area contributed by atoms with Crippen molar-refractivity contribution in [3.8, 4) is 0 Å². The third-order valence-electron chi connectivity index (χ3n) is 2.72. The summed E-state index contributed by atoms with van der Waals surface area (Å²) in [6.45, 7) is 6.19. The van der Waals surface area contributed by atoms with Gasteiger partial charge in [-0.25, -0.2) is 0 Å². The van der Waals surface area contributed by atoms with Gasteiger partial charge in [-0.3, -0.25) is 0 Å². The van der Waals surface area contributed by atoms with Crippen LogP contribution in [0.15, 0.2) is 50.8 Å². The molecule has 3 heteroatoms. The minimum Gasteiger partial charge on any atom is -0.468 e. The molecule has 0 fully saturated rings. The molecule has 0 unspecified atom stereocenters. The zero-order valence-electron chi connectivity index (χ0n) is 10.9. The highest BCUT2D eigenvalue weighted by Gasteiger charge is 2.03. The lowest BCUT2D eigenvalue weighted by Crippen LogP contribution is -2.13. The minimum atomic E-state index is 0.948. The average Bonchev–Trinajstić information content (AvgIpc) is 2.78. The fraction of sp³-hybridized carbons (Fsp3) is 0.333. The summed E-state index contributed by atoms with van der Waals surface area (Å²) in [6.07, 6.45) is 2.91. The highest BCUT2D eigenvalue weighted by Crippen LogP contribution is 2.30. The second-order valence-electron chi connectivity index (χ2n) is 4.26. The van der Waals surface area contributed by atoms with Crippen LogP contribution in [0.3, 0.4) is 0 Å². The van der Waals surface area contributed by atoms with E-state index in [9.17, 15) is 0 Å². The zero-order chi connectivity index (χ0) is 12.8. The van der Waals surface area contributed by atoms with Gasteiger partial charge in [0.05, 0.1) is 11.2 Å². The maximum atomic E-state index is 5.30. The molecule has 0 amide bonds. The van der Waals surface area contributed by atoms with Gasteiger partial charge in [0.15, 0.2) is 0 Å². The summed E-state index contributed by atoms with van der Waals surface area (Å²) in [5.41, 5.74) is 1.33. The monoisotopic (exact) mass is 261 g/mol. The number of furan rings is 1. The highest BCUT2D eigenvalue weighted by molar-refractivity contribution is 7.99. The van der Waals surface area contributed by atoms with Crippen molar-refractivity contribution in [2.24, 2.45) is 0 Å². The Kier molecular flexibility index (Phi) is 4.90. The van der Waals surface area contributed by atoms with Crippen LogP contribution in [0.4, 0.5) is 0 Å². The van der Waals surface area contributed by atoms with Gasteiger partial charge in [-0.2, -0.15) is 0 Å². The topological polar surface area (TPSA) is 25.2 Å². The van der Waals surface area contributed by atoms with E-state index in [1.165, 1.54) is 21.8 Å². The molecular weight excluding hydrogens is 242 g/mol. The Bertz CT molecular complexity index is 475. The quantitative estimate of drug-likeness (QED) is 0.787. The molecule has 2 rings (SSSR count). The van der Waals surface area contributed by atoms with E-state index in [1.807, 2.05) is 13.0 Å². The van der Waals surface area contributed by atoms with Crippen molar-refractivity contribution in [1.82, 2.24) is 5.32 Å². The van der Waals surface area contributed by atoms with Crippen LogP contribution in [0.1, 0.15) is 24.7 Å². The van der Waals surface area contributed by atoms with Crippen LogP contribution in [0.5, 0.6) is 0 Å². The average molecular weight is 261 g/mol. The molecule has 1 aromatic carbocycles. The predicted octanol–water partition coefficient (Wildman–Crippen LogP) is 4.24. The second-order valence-corrected chi connectivity index (χ2v) is 5.38. The summed E-state index contributed by atoms with van der Waals surface area (Å²) >= 11 is 1.74. The van der Waals surface area contributed by atoms with Crippen molar-refractivity contribution >= 4 is 11.8 Å². The van der Waals surface area contributed by atoms with E-state index in [0.717, 1.165) is 18.8 Å². The Labute approximate surface area is 113 Å². The Morgan fingerprint density at radius 2 is 1.94 bits per heavy atom. The van der Waals surface area contributed by atoms with Crippen LogP contribution in [0, 0.1) is 6.92 Å². The third-order valence-corrected chi connectivity index (χ3v) is 3.87. The lowest BCUT2D eigenvalue weighted by Gasteiger charge is -2.05. The van der Waals surface area contributed by atoms with Gasteiger partial charge in [0.25, 0.3) is 0 Å². The van der Waals surface area contributed by atoms with Crippen molar-refractivity contribution in [3.63, 3.8) is 0 Å². The molecule has 0 atom stereocenters.